The molecule has 4 rings (SSSR count). The molecule has 1 saturated carbocycles. The first-order valence-corrected chi connectivity index (χ1v) is 15.0. The van der Waals surface area contributed by atoms with Crippen LogP contribution in [0.1, 0.15) is 87.1 Å². The lowest BCUT2D eigenvalue weighted by molar-refractivity contribution is -0.141. The molecule has 1 aliphatic rings. The summed E-state index contributed by atoms with van der Waals surface area (Å²) < 4.78 is 0. The van der Waals surface area contributed by atoms with Gasteiger partial charge in [-0.1, -0.05) is 124 Å². The Kier molecular flexibility index (Phi) is 10.2. The summed E-state index contributed by atoms with van der Waals surface area (Å²) in [6.07, 6.45) is 7.06. The Labute approximate surface area is 241 Å². The summed E-state index contributed by atoms with van der Waals surface area (Å²) in [7, 11) is 0. The predicted molar refractivity (Wildman–Crippen MR) is 164 cm³/mol. The maximum absolute atomic E-state index is 14.0. The van der Waals surface area contributed by atoms with Gasteiger partial charge >= 0.3 is 0 Å². The Bertz CT molecular complexity index is 1220. The van der Waals surface area contributed by atoms with Crippen LogP contribution in [0.4, 0.5) is 0 Å². The van der Waals surface area contributed by atoms with E-state index in [4.69, 9.17) is 0 Å². The highest BCUT2D eigenvalue weighted by molar-refractivity contribution is 5.88. The maximum atomic E-state index is 14.0. The third-order valence-corrected chi connectivity index (χ3v) is 8.14. The molecule has 0 aromatic heterocycles. The van der Waals surface area contributed by atoms with Crippen LogP contribution in [0, 0.1) is 6.92 Å². The van der Waals surface area contributed by atoms with Crippen molar-refractivity contribution < 1.29 is 9.59 Å². The Morgan fingerprint density at radius 3 is 2.08 bits per heavy atom. The number of hydrogen-bond donors (Lipinski definition) is 1. The lowest BCUT2D eigenvalue weighted by atomic mass is 9.86. The van der Waals surface area contributed by atoms with Crippen molar-refractivity contribution in [3.63, 3.8) is 0 Å². The number of benzene rings is 3. The second-order valence-corrected chi connectivity index (χ2v) is 12.5. The molecule has 40 heavy (non-hydrogen) atoms. The van der Waals surface area contributed by atoms with Crippen LogP contribution < -0.4 is 5.32 Å². The van der Waals surface area contributed by atoms with Crippen molar-refractivity contribution in [1.29, 1.82) is 0 Å². The van der Waals surface area contributed by atoms with Gasteiger partial charge in [0.15, 0.2) is 0 Å². The van der Waals surface area contributed by atoms with E-state index in [1.807, 2.05) is 35.2 Å². The van der Waals surface area contributed by atoms with Gasteiger partial charge in [0.25, 0.3) is 0 Å². The number of carbonyl (C=O) groups excluding carboxylic acids is 2. The zero-order valence-electron chi connectivity index (χ0n) is 24.8. The molecule has 1 atom stereocenters. The average molecular weight is 539 g/mol. The molecule has 4 nitrogen and oxygen atoms in total. The lowest BCUT2D eigenvalue weighted by Gasteiger charge is -2.33. The fourth-order valence-corrected chi connectivity index (χ4v) is 5.55. The van der Waals surface area contributed by atoms with Crippen molar-refractivity contribution in [1.82, 2.24) is 10.2 Å². The predicted octanol–water partition coefficient (Wildman–Crippen LogP) is 7.31. The topological polar surface area (TPSA) is 49.4 Å². The molecule has 0 radical (unpaired) electrons. The molecule has 212 valence electrons. The van der Waals surface area contributed by atoms with Gasteiger partial charge in [0.1, 0.15) is 6.04 Å². The van der Waals surface area contributed by atoms with Crippen molar-refractivity contribution in [3.8, 4) is 0 Å². The van der Waals surface area contributed by atoms with E-state index < -0.39 is 6.04 Å². The summed E-state index contributed by atoms with van der Waals surface area (Å²) in [6.45, 7) is 9.10. The van der Waals surface area contributed by atoms with Gasteiger partial charge in [0.05, 0.1) is 0 Å². The summed E-state index contributed by atoms with van der Waals surface area (Å²) in [5, 5.41) is 3.33. The molecule has 1 fully saturated rings. The molecule has 2 amide bonds. The van der Waals surface area contributed by atoms with Gasteiger partial charge in [-0.05, 0) is 53.9 Å². The Hall–Kier alpha value is -3.40. The van der Waals surface area contributed by atoms with Crippen molar-refractivity contribution in [2.75, 3.05) is 0 Å². The zero-order valence-corrected chi connectivity index (χ0v) is 24.8. The third kappa shape index (κ3) is 8.55. The fourth-order valence-electron chi connectivity index (χ4n) is 5.55. The molecule has 0 bridgehead atoms. The second kappa shape index (κ2) is 13.8. The van der Waals surface area contributed by atoms with E-state index in [1.165, 1.54) is 17.5 Å². The van der Waals surface area contributed by atoms with Crippen LogP contribution in [-0.4, -0.2) is 28.8 Å². The molecule has 0 saturated heterocycles. The minimum absolute atomic E-state index is 0.0141. The molecule has 3 aromatic carbocycles. The number of amides is 2. The van der Waals surface area contributed by atoms with Crippen LogP contribution >= 0.6 is 0 Å². The van der Waals surface area contributed by atoms with E-state index in [0.717, 1.165) is 42.4 Å². The summed E-state index contributed by atoms with van der Waals surface area (Å²) in [5.41, 5.74) is 5.79. The van der Waals surface area contributed by atoms with Crippen LogP contribution in [0.25, 0.3) is 0 Å². The van der Waals surface area contributed by atoms with Gasteiger partial charge in [0.2, 0.25) is 11.8 Å². The first-order chi connectivity index (χ1) is 19.2. The quantitative estimate of drug-likeness (QED) is 0.294. The zero-order chi connectivity index (χ0) is 28.5. The molecule has 1 aliphatic carbocycles. The molecule has 0 unspecified atom stereocenters. The number of hydrogen-bond acceptors (Lipinski definition) is 2. The van der Waals surface area contributed by atoms with Gasteiger partial charge in [-0.3, -0.25) is 9.59 Å². The average Bonchev–Trinajstić information content (AvgIpc) is 2.95. The van der Waals surface area contributed by atoms with Crippen molar-refractivity contribution in [3.05, 3.63) is 107 Å². The molecule has 4 heteroatoms. The molecular weight excluding hydrogens is 492 g/mol. The van der Waals surface area contributed by atoms with E-state index in [1.54, 1.807) is 0 Å². The first-order valence-electron chi connectivity index (χ1n) is 15.0. The van der Waals surface area contributed by atoms with Crippen LogP contribution in [0.2, 0.25) is 0 Å². The highest BCUT2D eigenvalue weighted by Gasteiger charge is 2.31. The highest BCUT2D eigenvalue weighted by Crippen LogP contribution is 2.24. The maximum Gasteiger partial charge on any atom is 0.243 e. The Morgan fingerprint density at radius 2 is 1.45 bits per heavy atom. The number of rotatable bonds is 10. The van der Waals surface area contributed by atoms with Crippen molar-refractivity contribution >= 4 is 11.8 Å². The molecular formula is C36H46N2O2. The van der Waals surface area contributed by atoms with Crippen LogP contribution in [0.3, 0.4) is 0 Å². The van der Waals surface area contributed by atoms with Crippen LogP contribution in [0.5, 0.6) is 0 Å². The first kappa shape index (κ1) is 29.6. The van der Waals surface area contributed by atoms with Crippen molar-refractivity contribution in [2.24, 2.45) is 0 Å². The summed E-state index contributed by atoms with van der Waals surface area (Å²) in [6, 6.07) is 26.6. The highest BCUT2D eigenvalue weighted by atomic mass is 16.2. The van der Waals surface area contributed by atoms with E-state index in [2.05, 4.69) is 81.5 Å². The lowest BCUT2D eigenvalue weighted by Crippen LogP contribution is -2.52. The summed E-state index contributed by atoms with van der Waals surface area (Å²) >= 11 is 0. The van der Waals surface area contributed by atoms with Gasteiger partial charge in [0, 0.05) is 25.4 Å². The smallest absolute Gasteiger partial charge is 0.243 e. The van der Waals surface area contributed by atoms with Crippen LogP contribution in [0.15, 0.2) is 78.9 Å². The third-order valence-electron chi connectivity index (χ3n) is 8.14. The SMILES string of the molecule is Cc1ccc(CN(C(=O)CCc2ccc(C(C)(C)C)cc2)[C@@H](Cc2ccccc2)C(=O)NC2CCCCC2)cc1. The van der Waals surface area contributed by atoms with Gasteiger partial charge in [-0.2, -0.15) is 0 Å². The van der Waals surface area contributed by atoms with Crippen molar-refractivity contribution in [2.45, 2.75) is 103 Å². The number of carbonyl (C=O) groups is 2. The molecule has 0 aliphatic heterocycles. The largest absolute Gasteiger partial charge is 0.352 e. The molecule has 1 N–H and O–H groups in total. The number of aryl methyl sites for hydroxylation is 2. The van der Waals surface area contributed by atoms with Gasteiger partial charge in [-0.25, -0.2) is 0 Å². The van der Waals surface area contributed by atoms with E-state index in [0.29, 0.717) is 25.8 Å². The molecule has 3 aromatic rings. The Balaban J connectivity index is 1.58. The van der Waals surface area contributed by atoms with E-state index >= 15 is 0 Å². The number of nitrogens with one attached hydrogen (secondary N) is 1. The van der Waals surface area contributed by atoms with E-state index in [-0.39, 0.29) is 23.3 Å². The summed E-state index contributed by atoms with van der Waals surface area (Å²) in [5.74, 6) is -0.0223. The van der Waals surface area contributed by atoms with Gasteiger partial charge in [-0.15, -0.1) is 0 Å². The van der Waals surface area contributed by atoms with E-state index in [9.17, 15) is 9.59 Å². The molecule has 0 spiro atoms. The molecule has 0 heterocycles. The normalized spacial score (nSPS) is 14.9. The van der Waals surface area contributed by atoms with Gasteiger partial charge < -0.3 is 10.2 Å². The minimum Gasteiger partial charge on any atom is -0.352 e. The summed E-state index contributed by atoms with van der Waals surface area (Å²) in [4.78, 5) is 29.7. The minimum atomic E-state index is -0.568. The fraction of sp³-hybridized carbons (Fsp3) is 0.444. The monoisotopic (exact) mass is 538 g/mol. The second-order valence-electron chi connectivity index (χ2n) is 12.5. The number of nitrogens with zero attached hydrogens (tertiary/aromatic N) is 1. The standard InChI is InChI=1S/C36H46N2O2/c1-27-15-17-30(18-16-27)26-38(34(39)24-21-28-19-22-31(23-20-28)36(2,3)4)33(25-29-11-7-5-8-12-29)35(40)37-32-13-9-6-10-14-32/h5,7-8,11-12,15-20,22-23,32-33H,6,9-10,13-14,21,24-26H2,1-4H3,(H,37,40)/t33-/m0/s1. The Morgan fingerprint density at radius 1 is 0.825 bits per heavy atom. The van der Waals surface area contributed by atoms with Crippen LogP contribution in [-0.2, 0) is 34.4 Å².